The van der Waals surface area contributed by atoms with Gasteiger partial charge in [-0.25, -0.2) is 10.6 Å². The van der Waals surface area contributed by atoms with Crippen LogP contribution in [0.3, 0.4) is 0 Å². The summed E-state index contributed by atoms with van der Waals surface area (Å²) in [4.78, 5) is 22.6. The fraction of sp³-hybridized carbons (Fsp3) is 0.455. The van der Waals surface area contributed by atoms with Gasteiger partial charge in [-0.1, -0.05) is 11.6 Å². The van der Waals surface area contributed by atoms with Gasteiger partial charge in [0.05, 0.1) is 5.56 Å². The summed E-state index contributed by atoms with van der Waals surface area (Å²) in [6, 6.07) is 1.45. The maximum atomic E-state index is 12.0. The summed E-state index contributed by atoms with van der Waals surface area (Å²) in [6.07, 6.45) is -5.08. The SMILES string of the molecule is CCN(CC)C(=O)c1cc(Cl)nnc1NN.O=C(O)C(F)(F)F. The maximum absolute atomic E-state index is 12.0. The number of carbonyl (C=O) groups is 2. The minimum Gasteiger partial charge on any atom is -0.475 e. The van der Waals surface area contributed by atoms with Crippen LogP contribution >= 0.6 is 11.6 Å². The predicted octanol–water partition coefficient (Wildman–Crippen LogP) is 1.53. The molecule has 0 aliphatic rings. The lowest BCUT2D eigenvalue weighted by molar-refractivity contribution is -0.192. The highest BCUT2D eigenvalue weighted by Gasteiger charge is 2.38. The number of nitrogen functional groups attached to an aromatic ring is 1. The number of carbonyl (C=O) groups excluding carboxylic acids is 1. The van der Waals surface area contributed by atoms with E-state index in [-0.39, 0.29) is 16.9 Å². The average molecular weight is 358 g/mol. The number of carboxylic acid groups (broad SMARTS) is 1. The highest BCUT2D eigenvalue weighted by molar-refractivity contribution is 6.29. The third-order valence-corrected chi connectivity index (χ3v) is 2.61. The van der Waals surface area contributed by atoms with Gasteiger partial charge in [-0.15, -0.1) is 10.2 Å². The van der Waals surface area contributed by atoms with Crippen LogP contribution in [0.4, 0.5) is 19.0 Å². The molecular weight excluding hydrogens is 343 g/mol. The molecular formula is C11H15ClF3N5O3. The molecule has 23 heavy (non-hydrogen) atoms. The zero-order chi connectivity index (χ0) is 18.2. The van der Waals surface area contributed by atoms with Crippen molar-refractivity contribution in [2.24, 2.45) is 5.84 Å². The van der Waals surface area contributed by atoms with Crippen molar-refractivity contribution in [2.45, 2.75) is 20.0 Å². The summed E-state index contributed by atoms with van der Waals surface area (Å²) < 4.78 is 31.7. The number of anilines is 1. The summed E-state index contributed by atoms with van der Waals surface area (Å²) in [7, 11) is 0. The molecule has 0 saturated carbocycles. The Hall–Kier alpha value is -2.14. The van der Waals surface area contributed by atoms with E-state index >= 15 is 0 Å². The number of nitrogens with one attached hydrogen (secondary N) is 1. The third kappa shape index (κ3) is 6.65. The van der Waals surface area contributed by atoms with Crippen LogP contribution in [-0.4, -0.2) is 51.3 Å². The topological polar surface area (TPSA) is 121 Å². The highest BCUT2D eigenvalue weighted by Crippen LogP contribution is 2.16. The summed E-state index contributed by atoms with van der Waals surface area (Å²) in [5.41, 5.74) is 2.65. The molecule has 8 nitrogen and oxygen atoms in total. The summed E-state index contributed by atoms with van der Waals surface area (Å²) in [5.74, 6) is 2.55. The number of aromatic nitrogens is 2. The first-order chi connectivity index (χ1) is 10.6. The van der Waals surface area contributed by atoms with Crippen LogP contribution in [0.2, 0.25) is 5.15 Å². The van der Waals surface area contributed by atoms with Crippen LogP contribution in [0.5, 0.6) is 0 Å². The molecule has 0 bridgehead atoms. The molecule has 130 valence electrons. The van der Waals surface area contributed by atoms with Gasteiger partial charge in [0.15, 0.2) is 11.0 Å². The smallest absolute Gasteiger partial charge is 0.475 e. The van der Waals surface area contributed by atoms with Crippen molar-refractivity contribution in [1.29, 1.82) is 0 Å². The fourth-order valence-corrected chi connectivity index (χ4v) is 1.47. The van der Waals surface area contributed by atoms with Crippen molar-refractivity contribution >= 4 is 29.3 Å². The Kier molecular flexibility index (Phi) is 8.25. The van der Waals surface area contributed by atoms with Crippen molar-refractivity contribution in [3.8, 4) is 0 Å². The Labute approximate surface area is 134 Å². The van der Waals surface area contributed by atoms with Crippen LogP contribution in [-0.2, 0) is 4.79 Å². The third-order valence-electron chi connectivity index (χ3n) is 2.42. The van der Waals surface area contributed by atoms with E-state index in [2.05, 4.69) is 15.6 Å². The van der Waals surface area contributed by atoms with E-state index in [4.69, 9.17) is 27.3 Å². The second kappa shape index (κ2) is 9.10. The fourth-order valence-electron chi connectivity index (χ4n) is 1.32. The van der Waals surface area contributed by atoms with Crippen molar-refractivity contribution in [3.63, 3.8) is 0 Å². The van der Waals surface area contributed by atoms with Gasteiger partial charge in [-0.2, -0.15) is 13.2 Å². The Balaban J connectivity index is 0.000000585. The zero-order valence-corrected chi connectivity index (χ0v) is 12.9. The van der Waals surface area contributed by atoms with Gasteiger partial charge < -0.3 is 15.4 Å². The molecule has 0 aromatic carbocycles. The van der Waals surface area contributed by atoms with Crippen LogP contribution < -0.4 is 11.3 Å². The Morgan fingerprint density at radius 3 is 2.17 bits per heavy atom. The lowest BCUT2D eigenvalue weighted by Gasteiger charge is -2.19. The van der Waals surface area contributed by atoms with Gasteiger partial charge in [0.1, 0.15) is 0 Å². The molecule has 0 unspecified atom stereocenters. The molecule has 0 spiro atoms. The van der Waals surface area contributed by atoms with Crippen LogP contribution in [0.15, 0.2) is 6.07 Å². The number of amides is 1. The van der Waals surface area contributed by atoms with Gasteiger partial charge >= 0.3 is 12.1 Å². The minimum absolute atomic E-state index is 0.162. The number of nitrogens with zero attached hydrogens (tertiary/aromatic N) is 3. The molecule has 4 N–H and O–H groups in total. The molecule has 1 rings (SSSR count). The molecule has 0 aliphatic carbocycles. The van der Waals surface area contributed by atoms with Gasteiger partial charge in [0.2, 0.25) is 0 Å². The number of halogens is 4. The summed E-state index contributed by atoms with van der Waals surface area (Å²) >= 11 is 5.70. The molecule has 0 aliphatic heterocycles. The van der Waals surface area contributed by atoms with Crippen LogP contribution in [0.1, 0.15) is 24.2 Å². The first-order valence-electron chi connectivity index (χ1n) is 6.17. The number of nitrogens with two attached hydrogens (primary N) is 1. The molecule has 1 amide bonds. The van der Waals surface area contributed by atoms with Crippen molar-refractivity contribution in [2.75, 3.05) is 18.5 Å². The van der Waals surface area contributed by atoms with E-state index in [1.165, 1.54) is 6.07 Å². The Bertz CT molecular complexity index is 552. The number of aliphatic carboxylic acids is 1. The van der Waals surface area contributed by atoms with E-state index < -0.39 is 12.1 Å². The second-order valence-electron chi connectivity index (χ2n) is 3.85. The van der Waals surface area contributed by atoms with E-state index in [9.17, 15) is 18.0 Å². The Morgan fingerprint density at radius 2 is 1.83 bits per heavy atom. The second-order valence-corrected chi connectivity index (χ2v) is 4.24. The van der Waals surface area contributed by atoms with E-state index in [0.717, 1.165) is 0 Å². The number of alkyl halides is 3. The molecule has 0 radical (unpaired) electrons. The van der Waals surface area contributed by atoms with Crippen molar-refractivity contribution in [1.82, 2.24) is 15.1 Å². The van der Waals surface area contributed by atoms with Gasteiger partial charge in [-0.05, 0) is 19.9 Å². The first-order valence-corrected chi connectivity index (χ1v) is 6.55. The largest absolute Gasteiger partial charge is 0.490 e. The summed E-state index contributed by atoms with van der Waals surface area (Å²) in [5, 5.41) is 14.6. The van der Waals surface area contributed by atoms with Gasteiger partial charge in [0, 0.05) is 13.1 Å². The van der Waals surface area contributed by atoms with Crippen LogP contribution in [0.25, 0.3) is 0 Å². The lowest BCUT2D eigenvalue weighted by atomic mass is 10.2. The van der Waals surface area contributed by atoms with E-state index in [1.54, 1.807) is 4.90 Å². The predicted molar refractivity (Wildman–Crippen MR) is 75.8 cm³/mol. The lowest BCUT2D eigenvalue weighted by Crippen LogP contribution is -2.31. The molecule has 1 aromatic rings. The number of hydrogen-bond acceptors (Lipinski definition) is 6. The first kappa shape index (κ1) is 20.9. The van der Waals surface area contributed by atoms with E-state index in [1.807, 2.05) is 13.8 Å². The number of hydrazine groups is 1. The molecule has 1 heterocycles. The van der Waals surface area contributed by atoms with Crippen molar-refractivity contribution < 1.29 is 27.9 Å². The molecule has 0 saturated heterocycles. The maximum Gasteiger partial charge on any atom is 0.490 e. The standard InChI is InChI=1S/C9H14ClN5O.C2HF3O2/c1-3-15(4-2)9(16)6-5-7(10)13-14-8(6)12-11;3-2(4,5)1(6)7/h5H,3-4,11H2,1-2H3,(H,12,14);(H,6,7). The minimum atomic E-state index is -5.08. The Morgan fingerprint density at radius 1 is 1.35 bits per heavy atom. The van der Waals surface area contributed by atoms with Gasteiger partial charge in [0.25, 0.3) is 5.91 Å². The normalized spacial score (nSPS) is 10.4. The number of hydrogen-bond donors (Lipinski definition) is 3. The van der Waals surface area contributed by atoms with Crippen LogP contribution in [0, 0.1) is 0 Å². The highest BCUT2D eigenvalue weighted by atomic mass is 35.5. The molecule has 0 atom stereocenters. The number of carboxylic acids is 1. The monoisotopic (exact) mass is 357 g/mol. The molecule has 12 heteroatoms. The molecule has 1 aromatic heterocycles. The van der Waals surface area contributed by atoms with Crippen molar-refractivity contribution in [3.05, 3.63) is 16.8 Å². The quantitative estimate of drug-likeness (QED) is 0.551. The van der Waals surface area contributed by atoms with E-state index in [0.29, 0.717) is 18.7 Å². The summed E-state index contributed by atoms with van der Waals surface area (Å²) in [6.45, 7) is 5.01. The molecule has 0 fully saturated rings. The zero-order valence-electron chi connectivity index (χ0n) is 12.2. The number of rotatable bonds is 4. The average Bonchev–Trinajstić information content (AvgIpc) is 2.48. The van der Waals surface area contributed by atoms with Gasteiger partial charge in [-0.3, -0.25) is 4.79 Å².